The highest BCUT2D eigenvalue weighted by molar-refractivity contribution is 5.18. The van der Waals surface area contributed by atoms with E-state index in [-0.39, 0.29) is 6.10 Å². The van der Waals surface area contributed by atoms with Crippen molar-refractivity contribution in [1.82, 2.24) is 0 Å². The molecule has 0 aromatic heterocycles. The van der Waals surface area contributed by atoms with Crippen LogP contribution in [0, 0.1) is 58.2 Å². The summed E-state index contributed by atoms with van der Waals surface area (Å²) in [6.07, 6.45) is 20.4. The Labute approximate surface area is 186 Å². The van der Waals surface area contributed by atoms with Gasteiger partial charge in [0.15, 0.2) is 0 Å². The molecule has 4 aliphatic rings. The van der Waals surface area contributed by atoms with Crippen LogP contribution in [-0.4, -0.2) is 11.2 Å². The zero-order valence-electron chi connectivity index (χ0n) is 20.6. The van der Waals surface area contributed by atoms with E-state index >= 15 is 0 Å². The van der Waals surface area contributed by atoms with Crippen molar-refractivity contribution in [2.75, 3.05) is 0 Å². The Balaban J connectivity index is 1.52. The van der Waals surface area contributed by atoms with Gasteiger partial charge in [-0.1, -0.05) is 65.8 Å². The zero-order valence-corrected chi connectivity index (χ0v) is 20.6. The molecule has 0 saturated heterocycles. The van der Waals surface area contributed by atoms with Crippen LogP contribution in [0.15, 0.2) is 24.3 Å². The van der Waals surface area contributed by atoms with Crippen LogP contribution in [0.25, 0.3) is 0 Å². The molecule has 0 aromatic carbocycles. The lowest BCUT2D eigenvalue weighted by Gasteiger charge is -2.59. The summed E-state index contributed by atoms with van der Waals surface area (Å²) in [7, 11) is 0. The van der Waals surface area contributed by atoms with Gasteiger partial charge in [-0.15, -0.1) is 0 Å². The third-order valence-electron chi connectivity index (χ3n) is 10.8. The van der Waals surface area contributed by atoms with E-state index in [2.05, 4.69) is 65.8 Å². The van der Waals surface area contributed by atoms with Crippen molar-refractivity contribution in [2.24, 2.45) is 58.2 Å². The largest absolute Gasteiger partial charge is 0.393 e. The summed E-state index contributed by atoms with van der Waals surface area (Å²) in [5, 5.41) is 10.2. The first-order chi connectivity index (χ1) is 14.2. The second-order valence-electron chi connectivity index (χ2n) is 12.5. The molecule has 170 valence electrons. The first-order valence-electron chi connectivity index (χ1n) is 13.3. The molecule has 4 aliphatic carbocycles. The Bertz CT molecular complexity index is 661. The Morgan fingerprint density at radius 3 is 2.33 bits per heavy atom. The van der Waals surface area contributed by atoms with Gasteiger partial charge in [0.1, 0.15) is 0 Å². The lowest BCUT2D eigenvalue weighted by molar-refractivity contribution is -0.0795. The average Bonchev–Trinajstić information content (AvgIpc) is 3.06. The normalized spacial score (nSPS) is 47.7. The van der Waals surface area contributed by atoms with Crippen LogP contribution in [0.5, 0.6) is 0 Å². The Hall–Kier alpha value is -0.560. The maximum Gasteiger partial charge on any atom is 0.0546 e. The molecule has 0 radical (unpaired) electrons. The van der Waals surface area contributed by atoms with E-state index < -0.39 is 0 Å². The molecule has 0 bridgehead atoms. The van der Waals surface area contributed by atoms with Crippen molar-refractivity contribution in [3.63, 3.8) is 0 Å². The van der Waals surface area contributed by atoms with Crippen LogP contribution < -0.4 is 0 Å². The first kappa shape index (κ1) is 22.6. The smallest absolute Gasteiger partial charge is 0.0546 e. The average molecular weight is 413 g/mol. The van der Waals surface area contributed by atoms with E-state index in [1.54, 1.807) is 0 Å². The fourth-order valence-corrected chi connectivity index (χ4v) is 8.78. The van der Waals surface area contributed by atoms with Gasteiger partial charge >= 0.3 is 0 Å². The van der Waals surface area contributed by atoms with Crippen LogP contribution in [0.2, 0.25) is 0 Å². The predicted octanol–water partition coefficient (Wildman–Crippen LogP) is 7.66. The number of hydrogen-bond acceptors (Lipinski definition) is 1. The van der Waals surface area contributed by atoms with E-state index in [0.29, 0.717) is 22.7 Å². The third kappa shape index (κ3) is 3.66. The molecule has 0 amide bonds. The molecule has 3 fully saturated rings. The molecule has 1 nitrogen and oxygen atoms in total. The van der Waals surface area contributed by atoms with Gasteiger partial charge in [0, 0.05) is 0 Å². The summed E-state index contributed by atoms with van der Waals surface area (Å²) in [4.78, 5) is 0. The van der Waals surface area contributed by atoms with Gasteiger partial charge in [-0.25, -0.2) is 0 Å². The van der Waals surface area contributed by atoms with Gasteiger partial charge in [0.2, 0.25) is 0 Å². The summed E-state index contributed by atoms with van der Waals surface area (Å²) in [6, 6.07) is 0. The second kappa shape index (κ2) is 8.42. The van der Waals surface area contributed by atoms with Crippen LogP contribution in [0.1, 0.15) is 92.9 Å². The number of rotatable bonds is 5. The molecule has 3 saturated carbocycles. The minimum Gasteiger partial charge on any atom is -0.393 e. The monoisotopic (exact) mass is 412 g/mol. The highest BCUT2D eigenvalue weighted by Crippen LogP contribution is 2.66. The van der Waals surface area contributed by atoms with E-state index in [9.17, 15) is 5.11 Å². The summed E-state index contributed by atoms with van der Waals surface area (Å²) >= 11 is 0. The third-order valence-corrected chi connectivity index (χ3v) is 10.8. The molecule has 1 N–H and O–H groups in total. The second-order valence-corrected chi connectivity index (χ2v) is 12.5. The molecular formula is C29H48O. The summed E-state index contributed by atoms with van der Waals surface area (Å²) < 4.78 is 0. The number of aliphatic hydroxyl groups excluding tert-OH is 1. The highest BCUT2D eigenvalue weighted by atomic mass is 16.3. The van der Waals surface area contributed by atoms with Crippen molar-refractivity contribution in [3.05, 3.63) is 24.3 Å². The maximum atomic E-state index is 10.2. The molecule has 30 heavy (non-hydrogen) atoms. The lowest BCUT2D eigenvalue weighted by atomic mass is 9.46. The molecule has 0 heterocycles. The summed E-state index contributed by atoms with van der Waals surface area (Å²) in [5.41, 5.74) is 0.932. The summed E-state index contributed by atoms with van der Waals surface area (Å²) in [6.45, 7) is 14.8. The molecule has 0 aliphatic heterocycles. The van der Waals surface area contributed by atoms with Gasteiger partial charge in [0.05, 0.1) is 6.10 Å². The quantitative estimate of drug-likeness (QED) is 0.460. The van der Waals surface area contributed by atoms with E-state index in [1.807, 2.05) is 0 Å². The molecule has 4 rings (SSSR count). The fourth-order valence-electron chi connectivity index (χ4n) is 8.78. The number of hydrogen-bond donors (Lipinski definition) is 1. The maximum absolute atomic E-state index is 10.2. The Morgan fingerprint density at radius 1 is 0.933 bits per heavy atom. The van der Waals surface area contributed by atoms with Crippen LogP contribution in [0.3, 0.4) is 0 Å². The summed E-state index contributed by atoms with van der Waals surface area (Å²) in [5.74, 6) is 6.11. The number of fused-ring (bicyclic) bond motifs is 5. The SMILES string of the molecule is CCC(C=C[C@@H](C)[C@H]1CC[C@H]2[C@@H]3C=CC4C[C@@H](O)CC[C@]4(C)[C@H]3CC[C@]12C)C(C)C. The lowest BCUT2D eigenvalue weighted by Crippen LogP contribution is -2.52. The highest BCUT2D eigenvalue weighted by Gasteiger charge is 2.59. The number of aliphatic hydroxyl groups is 1. The van der Waals surface area contributed by atoms with Gasteiger partial charge in [0.25, 0.3) is 0 Å². The van der Waals surface area contributed by atoms with Crippen LogP contribution in [-0.2, 0) is 0 Å². The van der Waals surface area contributed by atoms with Crippen molar-refractivity contribution in [1.29, 1.82) is 0 Å². The van der Waals surface area contributed by atoms with Crippen LogP contribution >= 0.6 is 0 Å². The molecule has 10 atom stereocenters. The van der Waals surface area contributed by atoms with Crippen molar-refractivity contribution in [2.45, 2.75) is 99.0 Å². The Morgan fingerprint density at radius 2 is 1.63 bits per heavy atom. The Kier molecular flexibility index (Phi) is 6.35. The van der Waals surface area contributed by atoms with Gasteiger partial charge in [-0.05, 0) is 110 Å². The van der Waals surface area contributed by atoms with Crippen molar-refractivity contribution < 1.29 is 5.11 Å². The van der Waals surface area contributed by atoms with E-state index in [4.69, 9.17) is 0 Å². The van der Waals surface area contributed by atoms with Crippen molar-refractivity contribution >= 4 is 0 Å². The zero-order chi connectivity index (χ0) is 21.7. The predicted molar refractivity (Wildman–Crippen MR) is 128 cm³/mol. The van der Waals surface area contributed by atoms with Crippen LogP contribution in [0.4, 0.5) is 0 Å². The van der Waals surface area contributed by atoms with Gasteiger partial charge in [-0.2, -0.15) is 0 Å². The molecule has 0 aromatic rings. The molecular weight excluding hydrogens is 364 g/mol. The van der Waals surface area contributed by atoms with E-state index in [0.717, 1.165) is 48.3 Å². The molecule has 0 spiro atoms. The van der Waals surface area contributed by atoms with Crippen molar-refractivity contribution in [3.8, 4) is 0 Å². The minimum atomic E-state index is -0.0700. The standard InChI is InChI=1S/C29H48O/c1-7-21(19(2)3)9-8-20(4)25-12-13-26-24-11-10-22-18-23(30)14-16-28(22,5)27(24)15-17-29(25,26)6/h8-11,19-27,30H,7,12-18H2,1-6H3/t20-,21?,22?,23+,24+,25-,26+,27+,28+,29-/m1/s1. The van der Waals surface area contributed by atoms with Gasteiger partial charge in [-0.3, -0.25) is 0 Å². The number of allylic oxidation sites excluding steroid dienone is 4. The van der Waals surface area contributed by atoms with E-state index in [1.165, 1.54) is 38.5 Å². The minimum absolute atomic E-state index is 0.0700. The van der Waals surface area contributed by atoms with Gasteiger partial charge < -0.3 is 5.11 Å². The molecule has 2 unspecified atom stereocenters. The first-order valence-corrected chi connectivity index (χ1v) is 13.3. The topological polar surface area (TPSA) is 20.2 Å². The molecule has 1 heteroatoms. The fraction of sp³-hybridized carbons (Fsp3) is 0.862.